The van der Waals surface area contributed by atoms with E-state index in [0.29, 0.717) is 12.4 Å². The molecular formula is C16H20N4O. The standard InChI is InChI=1S/C16H20N4O/c1-3-17-14-9-11(2)18-15(19-14)10-20-13-6-4-5-12(13)7-8-16(20)21/h7-9H,3-6,10H2,1-2H3,(H,17,18,19). The fourth-order valence-corrected chi connectivity index (χ4v) is 2.92. The van der Waals surface area contributed by atoms with Crippen LogP contribution >= 0.6 is 0 Å². The summed E-state index contributed by atoms with van der Waals surface area (Å²) in [7, 11) is 0. The van der Waals surface area contributed by atoms with Crippen LogP contribution < -0.4 is 10.9 Å². The number of hydrogen-bond acceptors (Lipinski definition) is 4. The van der Waals surface area contributed by atoms with Gasteiger partial charge in [0.05, 0.1) is 6.54 Å². The predicted molar refractivity (Wildman–Crippen MR) is 82.8 cm³/mol. The number of nitrogens with zero attached hydrogens (tertiary/aromatic N) is 3. The van der Waals surface area contributed by atoms with E-state index in [1.165, 1.54) is 5.56 Å². The van der Waals surface area contributed by atoms with E-state index >= 15 is 0 Å². The van der Waals surface area contributed by atoms with Crippen LogP contribution in [0.25, 0.3) is 0 Å². The first kappa shape index (κ1) is 13.8. The fraction of sp³-hybridized carbons (Fsp3) is 0.438. The Kier molecular flexibility index (Phi) is 3.73. The highest BCUT2D eigenvalue weighted by Crippen LogP contribution is 2.20. The lowest BCUT2D eigenvalue weighted by Gasteiger charge is -2.12. The Morgan fingerprint density at radius 2 is 2.14 bits per heavy atom. The Morgan fingerprint density at radius 1 is 1.29 bits per heavy atom. The van der Waals surface area contributed by atoms with Crippen molar-refractivity contribution in [3.05, 3.63) is 51.3 Å². The van der Waals surface area contributed by atoms with Gasteiger partial charge in [-0.25, -0.2) is 9.97 Å². The van der Waals surface area contributed by atoms with Crippen molar-refractivity contribution in [1.29, 1.82) is 0 Å². The lowest BCUT2D eigenvalue weighted by molar-refractivity contribution is 0.673. The second-order valence-corrected chi connectivity index (χ2v) is 5.42. The molecule has 0 aliphatic heterocycles. The molecule has 0 saturated heterocycles. The summed E-state index contributed by atoms with van der Waals surface area (Å²) in [6.45, 7) is 5.24. The van der Waals surface area contributed by atoms with Crippen LogP contribution in [0, 0.1) is 6.92 Å². The first-order valence-corrected chi connectivity index (χ1v) is 7.47. The average molecular weight is 284 g/mol. The minimum Gasteiger partial charge on any atom is -0.370 e. The molecule has 0 aromatic carbocycles. The zero-order valence-corrected chi connectivity index (χ0v) is 12.5. The molecule has 21 heavy (non-hydrogen) atoms. The van der Waals surface area contributed by atoms with Gasteiger partial charge in [0.1, 0.15) is 5.82 Å². The highest BCUT2D eigenvalue weighted by molar-refractivity contribution is 5.35. The zero-order valence-electron chi connectivity index (χ0n) is 12.5. The summed E-state index contributed by atoms with van der Waals surface area (Å²) in [5, 5.41) is 3.20. The number of rotatable bonds is 4. The minimum absolute atomic E-state index is 0.0331. The molecule has 0 atom stereocenters. The Bertz CT molecular complexity index is 721. The first-order valence-electron chi connectivity index (χ1n) is 7.47. The van der Waals surface area contributed by atoms with Gasteiger partial charge in [0.25, 0.3) is 5.56 Å². The Morgan fingerprint density at radius 3 is 2.95 bits per heavy atom. The SMILES string of the molecule is CCNc1cc(C)nc(Cn2c3c(ccc2=O)CCC3)n1. The van der Waals surface area contributed by atoms with Crippen LogP contribution in [0.2, 0.25) is 0 Å². The van der Waals surface area contributed by atoms with Crippen LogP contribution in [0.1, 0.15) is 36.1 Å². The Balaban J connectivity index is 1.98. The molecule has 0 fully saturated rings. The van der Waals surface area contributed by atoms with Crippen molar-refractivity contribution in [1.82, 2.24) is 14.5 Å². The summed E-state index contributed by atoms with van der Waals surface area (Å²) in [6, 6.07) is 5.54. The second kappa shape index (κ2) is 5.68. The van der Waals surface area contributed by atoms with Gasteiger partial charge in [-0.2, -0.15) is 0 Å². The van der Waals surface area contributed by atoms with E-state index in [1.54, 1.807) is 6.07 Å². The average Bonchev–Trinajstić information content (AvgIpc) is 2.90. The number of aromatic nitrogens is 3. The summed E-state index contributed by atoms with van der Waals surface area (Å²) < 4.78 is 1.83. The molecule has 5 heteroatoms. The van der Waals surface area contributed by atoms with E-state index in [2.05, 4.69) is 15.3 Å². The van der Waals surface area contributed by atoms with Gasteiger partial charge in [0, 0.05) is 30.1 Å². The minimum atomic E-state index is 0.0331. The molecule has 1 aliphatic carbocycles. The quantitative estimate of drug-likeness (QED) is 0.932. The number of pyridine rings is 1. The molecule has 0 unspecified atom stereocenters. The lowest BCUT2D eigenvalue weighted by atomic mass is 10.2. The van der Waals surface area contributed by atoms with E-state index in [4.69, 9.17) is 0 Å². The summed E-state index contributed by atoms with van der Waals surface area (Å²) in [5.74, 6) is 1.51. The number of hydrogen-bond donors (Lipinski definition) is 1. The predicted octanol–water partition coefficient (Wildman–Crippen LogP) is 1.92. The van der Waals surface area contributed by atoms with Gasteiger partial charge in [0.15, 0.2) is 5.82 Å². The molecule has 5 nitrogen and oxygen atoms in total. The molecule has 0 bridgehead atoms. The van der Waals surface area contributed by atoms with E-state index in [9.17, 15) is 4.79 Å². The number of fused-ring (bicyclic) bond motifs is 1. The second-order valence-electron chi connectivity index (χ2n) is 5.42. The smallest absolute Gasteiger partial charge is 0.251 e. The number of nitrogens with one attached hydrogen (secondary N) is 1. The maximum atomic E-state index is 12.2. The Hall–Kier alpha value is -2.17. The molecule has 2 heterocycles. The normalized spacial score (nSPS) is 13.2. The molecule has 1 N–H and O–H groups in total. The first-order chi connectivity index (χ1) is 10.2. The summed E-state index contributed by atoms with van der Waals surface area (Å²) in [4.78, 5) is 21.1. The summed E-state index contributed by atoms with van der Waals surface area (Å²) >= 11 is 0. The maximum absolute atomic E-state index is 12.2. The molecule has 110 valence electrons. The monoisotopic (exact) mass is 284 g/mol. The molecule has 0 saturated carbocycles. The molecule has 2 aromatic heterocycles. The van der Waals surface area contributed by atoms with E-state index < -0.39 is 0 Å². The third-order valence-corrected chi connectivity index (χ3v) is 3.81. The molecular weight excluding hydrogens is 264 g/mol. The van der Waals surface area contributed by atoms with E-state index in [0.717, 1.165) is 43.0 Å². The van der Waals surface area contributed by atoms with Crippen molar-refractivity contribution >= 4 is 5.82 Å². The van der Waals surface area contributed by atoms with E-state index in [1.807, 2.05) is 30.5 Å². The third kappa shape index (κ3) is 2.82. The van der Waals surface area contributed by atoms with Gasteiger partial charge >= 0.3 is 0 Å². The van der Waals surface area contributed by atoms with Crippen LogP contribution in [0.15, 0.2) is 23.0 Å². The van der Waals surface area contributed by atoms with Gasteiger partial charge in [0.2, 0.25) is 0 Å². The van der Waals surface area contributed by atoms with Gasteiger partial charge in [-0.05, 0) is 38.7 Å². The van der Waals surface area contributed by atoms with Crippen molar-refractivity contribution in [2.75, 3.05) is 11.9 Å². The summed E-state index contributed by atoms with van der Waals surface area (Å²) in [6.07, 6.45) is 3.15. The van der Waals surface area contributed by atoms with Gasteiger partial charge in [-0.3, -0.25) is 4.79 Å². The topological polar surface area (TPSA) is 59.8 Å². The van der Waals surface area contributed by atoms with Gasteiger partial charge in [-0.15, -0.1) is 0 Å². The molecule has 0 spiro atoms. The number of anilines is 1. The lowest BCUT2D eigenvalue weighted by Crippen LogP contribution is -2.24. The molecule has 2 aromatic rings. The van der Waals surface area contributed by atoms with Crippen molar-refractivity contribution < 1.29 is 0 Å². The van der Waals surface area contributed by atoms with Crippen molar-refractivity contribution in [3.63, 3.8) is 0 Å². The van der Waals surface area contributed by atoms with Crippen LogP contribution in [-0.2, 0) is 19.4 Å². The van der Waals surface area contributed by atoms with Crippen molar-refractivity contribution in [2.45, 2.75) is 39.7 Å². The molecule has 3 rings (SSSR count). The fourth-order valence-electron chi connectivity index (χ4n) is 2.92. The molecule has 1 aliphatic rings. The van der Waals surface area contributed by atoms with Gasteiger partial charge in [-0.1, -0.05) is 6.07 Å². The molecule has 0 amide bonds. The van der Waals surface area contributed by atoms with E-state index in [-0.39, 0.29) is 5.56 Å². The van der Waals surface area contributed by atoms with Crippen LogP contribution in [0.3, 0.4) is 0 Å². The molecule has 0 radical (unpaired) electrons. The zero-order chi connectivity index (χ0) is 14.8. The highest BCUT2D eigenvalue weighted by atomic mass is 16.1. The van der Waals surface area contributed by atoms with Gasteiger partial charge < -0.3 is 9.88 Å². The number of aryl methyl sites for hydroxylation is 2. The third-order valence-electron chi connectivity index (χ3n) is 3.81. The van der Waals surface area contributed by atoms with Crippen LogP contribution in [0.5, 0.6) is 0 Å². The van der Waals surface area contributed by atoms with Crippen molar-refractivity contribution in [2.24, 2.45) is 0 Å². The summed E-state index contributed by atoms with van der Waals surface area (Å²) in [5.41, 5.74) is 3.38. The highest BCUT2D eigenvalue weighted by Gasteiger charge is 2.16. The van der Waals surface area contributed by atoms with Crippen LogP contribution in [-0.4, -0.2) is 21.1 Å². The largest absolute Gasteiger partial charge is 0.370 e. The van der Waals surface area contributed by atoms with Crippen molar-refractivity contribution in [3.8, 4) is 0 Å². The maximum Gasteiger partial charge on any atom is 0.251 e. The Labute approximate surface area is 124 Å². The van der Waals surface area contributed by atoms with Crippen LogP contribution in [0.4, 0.5) is 5.82 Å².